The molecule has 224 valence electrons. The van der Waals surface area contributed by atoms with Crippen molar-refractivity contribution in [3.05, 3.63) is 76.0 Å². The molecular formula is C33H38FN7O2. The van der Waals surface area contributed by atoms with Gasteiger partial charge in [-0.3, -0.25) is 14.2 Å². The summed E-state index contributed by atoms with van der Waals surface area (Å²) in [6.07, 6.45) is 3.17. The maximum atomic E-state index is 15.0. The van der Waals surface area contributed by atoms with Crippen molar-refractivity contribution in [2.24, 2.45) is 0 Å². The average Bonchev–Trinajstić information content (AvgIpc) is 2.99. The number of aromatic nitrogens is 3. The number of nitrogens with zero attached hydrogens (tertiary/aromatic N) is 6. The van der Waals surface area contributed by atoms with Crippen LogP contribution in [0.5, 0.6) is 0 Å². The van der Waals surface area contributed by atoms with Gasteiger partial charge in [0.1, 0.15) is 11.5 Å². The molecule has 0 unspecified atom stereocenters. The second kappa shape index (κ2) is 11.8. The highest BCUT2D eigenvalue weighted by atomic mass is 19.1. The molecular weight excluding hydrogens is 545 g/mol. The standard InChI is InChI=1S/C33H38FN7O2/c1-21-18-24(11-12-29(21)39-16-14-38(4)15-17-39)36-33-35-19-27-22(2)30(26-9-5-6-10-28(26)34)32(43)41(31(27)37-33)25-8-7-13-40(20-25)23(3)42/h5-6,9-12,18-19,25H,7-8,13-17,20H2,1-4H3,(H,35,36,37)/t25-/m0/s1. The summed E-state index contributed by atoms with van der Waals surface area (Å²) >= 11 is 0. The van der Waals surface area contributed by atoms with Gasteiger partial charge < -0.3 is 20.0 Å². The van der Waals surface area contributed by atoms with Crippen LogP contribution >= 0.6 is 0 Å². The number of benzene rings is 2. The Bertz CT molecular complexity index is 1750. The van der Waals surface area contributed by atoms with Crippen molar-refractivity contribution in [3.8, 4) is 11.1 Å². The van der Waals surface area contributed by atoms with Gasteiger partial charge in [-0.1, -0.05) is 18.2 Å². The smallest absolute Gasteiger partial charge is 0.260 e. The molecule has 0 aliphatic carbocycles. The number of carbonyl (C=O) groups excluding carboxylic acids is 1. The van der Waals surface area contributed by atoms with Crippen LogP contribution in [-0.2, 0) is 4.79 Å². The molecule has 2 aliphatic rings. The van der Waals surface area contributed by atoms with Crippen molar-refractivity contribution in [2.45, 2.75) is 39.7 Å². The van der Waals surface area contributed by atoms with Gasteiger partial charge in [0.2, 0.25) is 11.9 Å². The number of nitrogens with one attached hydrogen (secondary N) is 1. The largest absolute Gasteiger partial charge is 0.369 e. The van der Waals surface area contributed by atoms with Gasteiger partial charge in [-0.2, -0.15) is 4.98 Å². The van der Waals surface area contributed by atoms with Crippen LogP contribution in [0.3, 0.4) is 0 Å². The second-order valence-electron chi connectivity index (χ2n) is 11.8. The van der Waals surface area contributed by atoms with Gasteiger partial charge in [0.25, 0.3) is 5.56 Å². The minimum Gasteiger partial charge on any atom is -0.369 e. The van der Waals surface area contributed by atoms with Crippen LogP contribution in [-0.4, -0.2) is 76.6 Å². The first-order valence-electron chi connectivity index (χ1n) is 14.9. The lowest BCUT2D eigenvalue weighted by molar-refractivity contribution is -0.130. The van der Waals surface area contributed by atoms with E-state index < -0.39 is 5.82 Å². The Kier molecular flexibility index (Phi) is 7.87. The maximum absolute atomic E-state index is 15.0. The van der Waals surface area contributed by atoms with Gasteiger partial charge in [-0.15, -0.1) is 0 Å². The Morgan fingerprint density at radius 2 is 1.81 bits per heavy atom. The van der Waals surface area contributed by atoms with Crippen LogP contribution in [0, 0.1) is 19.7 Å². The number of halogens is 1. The summed E-state index contributed by atoms with van der Waals surface area (Å²) in [7, 11) is 2.15. The van der Waals surface area contributed by atoms with Crippen molar-refractivity contribution < 1.29 is 9.18 Å². The highest BCUT2D eigenvalue weighted by Gasteiger charge is 2.28. The minimum atomic E-state index is -0.461. The average molecular weight is 584 g/mol. The van der Waals surface area contributed by atoms with E-state index in [1.807, 2.05) is 13.0 Å². The van der Waals surface area contributed by atoms with E-state index in [0.717, 1.165) is 43.9 Å². The molecule has 6 rings (SSSR count). The number of piperazine rings is 1. The third-order valence-corrected chi connectivity index (χ3v) is 8.86. The summed E-state index contributed by atoms with van der Waals surface area (Å²) in [6, 6.07) is 12.3. The Morgan fingerprint density at radius 3 is 2.53 bits per heavy atom. The van der Waals surface area contributed by atoms with Gasteiger partial charge in [-0.05, 0) is 69.1 Å². The zero-order chi connectivity index (χ0) is 30.2. The highest BCUT2D eigenvalue weighted by Crippen LogP contribution is 2.32. The SMILES string of the molecule is CC(=O)N1CCC[C@H](n2c(=O)c(-c3ccccc3F)c(C)c3cnc(Nc4ccc(N5CCN(C)CC5)c(C)c4)nc32)C1. The fourth-order valence-electron chi connectivity index (χ4n) is 6.43. The first-order valence-corrected chi connectivity index (χ1v) is 14.9. The molecule has 4 heterocycles. The fraction of sp³-hybridized carbons (Fsp3) is 0.394. The number of piperidine rings is 1. The number of rotatable bonds is 5. The molecule has 43 heavy (non-hydrogen) atoms. The number of amides is 1. The summed E-state index contributed by atoms with van der Waals surface area (Å²) in [6.45, 7) is 10.6. The molecule has 0 bridgehead atoms. The van der Waals surface area contributed by atoms with Crippen LogP contribution in [0.4, 0.5) is 21.7 Å². The molecule has 9 nitrogen and oxygen atoms in total. The van der Waals surface area contributed by atoms with Crippen molar-refractivity contribution >= 4 is 34.3 Å². The topological polar surface area (TPSA) is 86.6 Å². The van der Waals surface area contributed by atoms with E-state index >= 15 is 4.39 Å². The van der Waals surface area contributed by atoms with Crippen LogP contribution in [0.1, 0.15) is 36.9 Å². The lowest BCUT2D eigenvalue weighted by atomic mass is 9.97. The zero-order valence-electron chi connectivity index (χ0n) is 25.2. The van der Waals surface area contributed by atoms with Gasteiger partial charge in [0.15, 0.2) is 0 Å². The quantitative estimate of drug-likeness (QED) is 0.358. The molecule has 1 N–H and O–H groups in total. The Balaban J connectivity index is 1.42. The monoisotopic (exact) mass is 583 g/mol. The number of likely N-dealkylation sites (N-methyl/N-ethyl adjacent to an activating group) is 1. The number of hydrogen-bond donors (Lipinski definition) is 1. The first-order chi connectivity index (χ1) is 20.7. The van der Waals surface area contributed by atoms with Crippen molar-refractivity contribution in [1.82, 2.24) is 24.3 Å². The molecule has 4 aromatic rings. The molecule has 1 atom stereocenters. The Hall–Kier alpha value is -4.31. The summed E-state index contributed by atoms with van der Waals surface area (Å²) < 4.78 is 16.7. The third kappa shape index (κ3) is 5.59. The van der Waals surface area contributed by atoms with Gasteiger partial charge in [0.05, 0.1) is 11.6 Å². The van der Waals surface area contributed by atoms with Crippen molar-refractivity contribution in [1.29, 1.82) is 0 Å². The number of pyridine rings is 1. The zero-order valence-corrected chi connectivity index (χ0v) is 25.2. The molecule has 0 radical (unpaired) electrons. The van der Waals surface area contributed by atoms with E-state index in [4.69, 9.17) is 4.98 Å². The van der Waals surface area contributed by atoms with E-state index in [0.29, 0.717) is 47.6 Å². The van der Waals surface area contributed by atoms with Gasteiger partial charge in [-0.25, -0.2) is 9.37 Å². The number of likely N-dealkylation sites (tertiary alicyclic amines) is 1. The van der Waals surface area contributed by atoms with Crippen LogP contribution in [0.15, 0.2) is 53.5 Å². The predicted octanol–water partition coefficient (Wildman–Crippen LogP) is 4.89. The lowest BCUT2D eigenvalue weighted by Gasteiger charge is -2.35. The molecule has 2 aliphatic heterocycles. The molecule has 10 heteroatoms. The lowest BCUT2D eigenvalue weighted by Crippen LogP contribution is -2.44. The number of hydrogen-bond acceptors (Lipinski definition) is 7. The molecule has 0 spiro atoms. The van der Waals surface area contributed by atoms with E-state index in [1.165, 1.54) is 11.8 Å². The Morgan fingerprint density at radius 1 is 1.05 bits per heavy atom. The third-order valence-electron chi connectivity index (χ3n) is 8.86. The second-order valence-corrected chi connectivity index (χ2v) is 11.8. The summed E-state index contributed by atoms with van der Waals surface area (Å²) in [4.78, 5) is 42.5. The number of carbonyl (C=O) groups is 1. The summed E-state index contributed by atoms with van der Waals surface area (Å²) in [5, 5.41) is 4.01. The van der Waals surface area contributed by atoms with E-state index in [-0.39, 0.29) is 23.1 Å². The van der Waals surface area contributed by atoms with E-state index in [9.17, 15) is 9.59 Å². The van der Waals surface area contributed by atoms with Crippen molar-refractivity contribution in [2.75, 3.05) is 56.5 Å². The minimum absolute atomic E-state index is 0.0316. The summed E-state index contributed by atoms with van der Waals surface area (Å²) in [5.41, 5.74) is 4.55. The molecule has 2 aromatic heterocycles. The molecule has 2 aromatic carbocycles. The number of fused-ring (bicyclic) bond motifs is 1. The van der Waals surface area contributed by atoms with Crippen molar-refractivity contribution in [3.63, 3.8) is 0 Å². The fourth-order valence-corrected chi connectivity index (χ4v) is 6.43. The van der Waals surface area contributed by atoms with Crippen LogP contribution in [0.2, 0.25) is 0 Å². The number of anilines is 3. The molecule has 2 fully saturated rings. The number of aryl methyl sites for hydroxylation is 2. The normalized spacial score (nSPS) is 17.8. The van der Waals surface area contributed by atoms with E-state index in [1.54, 1.807) is 40.8 Å². The molecule has 0 saturated carbocycles. The van der Waals surface area contributed by atoms with Crippen LogP contribution in [0.25, 0.3) is 22.2 Å². The predicted molar refractivity (Wildman–Crippen MR) is 169 cm³/mol. The summed E-state index contributed by atoms with van der Waals surface area (Å²) in [5.74, 6) is -0.127. The molecule has 1 amide bonds. The van der Waals surface area contributed by atoms with Crippen LogP contribution < -0.4 is 15.8 Å². The van der Waals surface area contributed by atoms with Gasteiger partial charge >= 0.3 is 0 Å². The molecule has 2 saturated heterocycles. The highest BCUT2D eigenvalue weighted by molar-refractivity contribution is 5.87. The maximum Gasteiger partial charge on any atom is 0.260 e. The Labute approximate surface area is 251 Å². The van der Waals surface area contributed by atoms with E-state index in [2.05, 4.69) is 46.2 Å². The first kappa shape index (κ1) is 28.8. The van der Waals surface area contributed by atoms with Gasteiger partial charge in [0, 0.05) is 74.7 Å².